The highest BCUT2D eigenvalue weighted by Crippen LogP contribution is 2.35. The number of rotatable bonds is 3. The number of ether oxygens (including phenoxy) is 1. The maximum atomic E-state index is 13.5. The normalized spacial score (nSPS) is 16.5. The van der Waals surface area contributed by atoms with Crippen molar-refractivity contribution in [1.29, 1.82) is 0 Å². The van der Waals surface area contributed by atoms with E-state index >= 15 is 0 Å². The van der Waals surface area contributed by atoms with E-state index < -0.39 is 5.82 Å². The summed E-state index contributed by atoms with van der Waals surface area (Å²) in [7, 11) is 1.73. The van der Waals surface area contributed by atoms with Crippen molar-refractivity contribution >= 4 is 27.5 Å². The van der Waals surface area contributed by atoms with Crippen LogP contribution in [0.3, 0.4) is 0 Å². The molecule has 2 aromatic rings. The average Bonchev–Trinajstić information content (AvgIpc) is 2.77. The molecular weight excluding hydrogens is 339 g/mol. The first-order valence-corrected chi connectivity index (χ1v) is 7.13. The van der Waals surface area contributed by atoms with Gasteiger partial charge in [0.2, 0.25) is 5.91 Å². The number of carbonyl (C=O) groups excluding carboxylic acids is 1. The van der Waals surface area contributed by atoms with Crippen molar-refractivity contribution in [3.63, 3.8) is 0 Å². The monoisotopic (exact) mass is 350 g/mol. The average molecular weight is 351 g/mol. The second kappa shape index (κ2) is 5.46. The topological polar surface area (TPSA) is 50.4 Å². The molecule has 1 amide bonds. The highest BCUT2D eigenvalue weighted by Gasteiger charge is 2.29. The van der Waals surface area contributed by atoms with E-state index in [0.717, 1.165) is 5.56 Å². The van der Waals surface area contributed by atoms with Crippen molar-refractivity contribution < 1.29 is 13.9 Å². The fraction of sp³-hybridized carbons (Fsp3) is 0.133. The van der Waals surface area contributed by atoms with Gasteiger partial charge in [0, 0.05) is 23.4 Å². The first-order chi connectivity index (χ1) is 10.1. The molecule has 1 aliphatic heterocycles. The summed E-state index contributed by atoms with van der Waals surface area (Å²) in [6.45, 7) is 0. The fourth-order valence-corrected chi connectivity index (χ4v) is 2.51. The van der Waals surface area contributed by atoms with E-state index in [-0.39, 0.29) is 11.9 Å². The predicted molar refractivity (Wildman–Crippen MR) is 81.0 cm³/mol. The molecule has 3 rings (SSSR count). The molecule has 0 aliphatic carbocycles. The van der Waals surface area contributed by atoms with Crippen molar-refractivity contribution in [1.82, 2.24) is 5.32 Å². The van der Waals surface area contributed by atoms with Gasteiger partial charge in [0.15, 0.2) is 0 Å². The van der Waals surface area contributed by atoms with Crippen LogP contribution < -0.4 is 15.4 Å². The van der Waals surface area contributed by atoms with Crippen molar-refractivity contribution in [3.8, 4) is 11.5 Å². The first kappa shape index (κ1) is 14.0. The number of hydrogen-bond donors (Lipinski definition) is 2. The smallest absolute Gasteiger partial charge is 0.246 e. The van der Waals surface area contributed by atoms with Gasteiger partial charge in [0.05, 0.1) is 4.47 Å². The van der Waals surface area contributed by atoms with Gasteiger partial charge in [-0.25, -0.2) is 4.39 Å². The molecule has 1 atom stereocenters. The lowest BCUT2D eigenvalue weighted by Crippen LogP contribution is -2.23. The lowest BCUT2D eigenvalue weighted by Gasteiger charge is -2.09. The van der Waals surface area contributed by atoms with Gasteiger partial charge in [-0.15, -0.1) is 0 Å². The van der Waals surface area contributed by atoms with Gasteiger partial charge < -0.3 is 15.4 Å². The van der Waals surface area contributed by atoms with Gasteiger partial charge in [-0.3, -0.25) is 4.79 Å². The van der Waals surface area contributed by atoms with Crippen LogP contribution in [0.1, 0.15) is 11.6 Å². The van der Waals surface area contributed by atoms with Gasteiger partial charge in [-0.1, -0.05) is 6.07 Å². The lowest BCUT2D eigenvalue weighted by molar-refractivity contribution is -0.117. The zero-order valence-corrected chi connectivity index (χ0v) is 12.7. The van der Waals surface area contributed by atoms with Crippen LogP contribution in [0.25, 0.3) is 0 Å². The Balaban J connectivity index is 1.87. The Bertz CT molecular complexity index is 721. The van der Waals surface area contributed by atoms with Gasteiger partial charge in [-0.05, 0) is 41.2 Å². The maximum absolute atomic E-state index is 13.5. The number of hydrogen-bond acceptors (Lipinski definition) is 3. The Kier molecular flexibility index (Phi) is 3.65. The van der Waals surface area contributed by atoms with Gasteiger partial charge in [0.1, 0.15) is 23.4 Å². The Morgan fingerprint density at radius 1 is 1.24 bits per heavy atom. The summed E-state index contributed by atoms with van der Waals surface area (Å²) in [5, 5.41) is 5.73. The number of carbonyl (C=O) groups is 1. The maximum Gasteiger partial charge on any atom is 0.246 e. The third-order valence-corrected chi connectivity index (χ3v) is 3.91. The van der Waals surface area contributed by atoms with E-state index in [9.17, 15) is 9.18 Å². The van der Waals surface area contributed by atoms with Crippen molar-refractivity contribution in [3.05, 3.63) is 52.3 Å². The molecule has 0 saturated carbocycles. The number of nitrogens with one attached hydrogen (secondary N) is 2. The second-order valence-corrected chi connectivity index (χ2v) is 5.49. The van der Waals surface area contributed by atoms with Gasteiger partial charge >= 0.3 is 0 Å². The quantitative estimate of drug-likeness (QED) is 0.889. The molecule has 0 aromatic heterocycles. The fourth-order valence-electron chi connectivity index (χ4n) is 2.27. The Hall–Kier alpha value is -1.92. The molecule has 0 spiro atoms. The zero-order chi connectivity index (χ0) is 15.0. The largest absolute Gasteiger partial charge is 0.457 e. The Labute approximate surface area is 129 Å². The summed E-state index contributed by atoms with van der Waals surface area (Å²) in [6.07, 6.45) is 0. The third kappa shape index (κ3) is 2.64. The molecular formula is C15H12BrFN2O2. The number of halogens is 2. The minimum atomic E-state index is -0.391. The highest BCUT2D eigenvalue weighted by molar-refractivity contribution is 9.10. The Morgan fingerprint density at radius 2 is 1.95 bits per heavy atom. The summed E-state index contributed by atoms with van der Waals surface area (Å²) in [5.41, 5.74) is 1.58. The molecule has 1 unspecified atom stereocenters. The molecule has 1 heterocycles. The minimum absolute atomic E-state index is 0.0978. The number of anilines is 1. The molecule has 0 saturated heterocycles. The summed E-state index contributed by atoms with van der Waals surface area (Å²) < 4.78 is 19.5. The second-order valence-electron chi connectivity index (χ2n) is 4.64. The first-order valence-electron chi connectivity index (χ1n) is 6.33. The zero-order valence-electron chi connectivity index (χ0n) is 11.1. The molecule has 21 heavy (non-hydrogen) atoms. The lowest BCUT2D eigenvalue weighted by atomic mass is 10.1. The SMILES string of the molecule is CNC1C(=O)Nc2cc(Oc3ccc(Br)c(F)c3)ccc21. The molecule has 1 aliphatic rings. The summed E-state index contributed by atoms with van der Waals surface area (Å²) in [5.74, 6) is 0.439. The van der Waals surface area contributed by atoms with Gasteiger partial charge in [0.25, 0.3) is 0 Å². The van der Waals surface area contributed by atoms with E-state index in [2.05, 4.69) is 26.6 Å². The van der Waals surface area contributed by atoms with Gasteiger partial charge in [-0.2, -0.15) is 0 Å². The van der Waals surface area contributed by atoms with E-state index in [0.29, 0.717) is 21.7 Å². The number of likely N-dealkylation sites (N-methyl/N-ethyl adjacent to an activating group) is 1. The van der Waals surface area contributed by atoms with Crippen LogP contribution in [0.4, 0.5) is 10.1 Å². The predicted octanol–water partition coefficient (Wildman–Crippen LogP) is 3.59. The van der Waals surface area contributed by atoms with Crippen LogP contribution in [-0.2, 0) is 4.79 Å². The van der Waals surface area contributed by atoms with Crippen molar-refractivity contribution in [2.24, 2.45) is 0 Å². The van der Waals surface area contributed by atoms with Crippen molar-refractivity contribution in [2.75, 3.05) is 12.4 Å². The standard InChI is InChI=1S/C15H12BrFN2O2/c1-18-14-10-4-2-9(7-13(10)19-15(14)20)21-8-3-5-11(16)12(17)6-8/h2-7,14,18H,1H3,(H,19,20). The third-order valence-electron chi connectivity index (χ3n) is 3.27. The molecule has 2 aromatic carbocycles. The van der Waals surface area contributed by atoms with Crippen molar-refractivity contribution in [2.45, 2.75) is 6.04 Å². The van der Waals surface area contributed by atoms with Crippen LogP contribution in [0, 0.1) is 5.82 Å². The number of fused-ring (bicyclic) bond motifs is 1. The van der Waals surface area contributed by atoms with Crippen LogP contribution in [0.15, 0.2) is 40.9 Å². The minimum Gasteiger partial charge on any atom is -0.457 e. The van der Waals surface area contributed by atoms with E-state index in [1.807, 2.05) is 6.07 Å². The molecule has 0 fully saturated rings. The molecule has 4 nitrogen and oxygen atoms in total. The summed E-state index contributed by atoms with van der Waals surface area (Å²) in [6, 6.07) is 9.49. The summed E-state index contributed by atoms with van der Waals surface area (Å²) in [4.78, 5) is 11.7. The molecule has 6 heteroatoms. The summed E-state index contributed by atoms with van der Waals surface area (Å²) >= 11 is 3.09. The number of amides is 1. The van der Waals surface area contributed by atoms with E-state index in [4.69, 9.17) is 4.74 Å². The molecule has 0 radical (unpaired) electrons. The van der Waals surface area contributed by atoms with Crippen LogP contribution in [0.5, 0.6) is 11.5 Å². The van der Waals surface area contributed by atoms with Crippen LogP contribution in [-0.4, -0.2) is 13.0 Å². The molecule has 0 bridgehead atoms. The van der Waals surface area contributed by atoms with Crippen LogP contribution in [0.2, 0.25) is 0 Å². The molecule has 2 N–H and O–H groups in total. The Morgan fingerprint density at radius 3 is 2.67 bits per heavy atom. The number of benzene rings is 2. The van der Waals surface area contributed by atoms with E-state index in [1.54, 1.807) is 31.3 Å². The van der Waals surface area contributed by atoms with E-state index in [1.165, 1.54) is 6.07 Å². The highest BCUT2D eigenvalue weighted by atomic mass is 79.9. The molecule has 108 valence electrons. The van der Waals surface area contributed by atoms with Crippen LogP contribution >= 0.6 is 15.9 Å².